The van der Waals surface area contributed by atoms with Crippen LogP contribution in [0.1, 0.15) is 16.1 Å². The van der Waals surface area contributed by atoms with E-state index < -0.39 is 6.35 Å². The molecule has 0 saturated heterocycles. The number of hydrogen-bond donors (Lipinski definition) is 4. The Hall–Kier alpha value is -3.50. The summed E-state index contributed by atoms with van der Waals surface area (Å²) in [6, 6.07) is 15.3. The molecule has 5 N–H and O–H groups in total. The zero-order valence-corrected chi connectivity index (χ0v) is 16.8. The van der Waals surface area contributed by atoms with Crippen molar-refractivity contribution in [3.63, 3.8) is 0 Å². The minimum atomic E-state index is -1.13. The van der Waals surface area contributed by atoms with Crippen molar-refractivity contribution in [1.82, 2.24) is 24.8 Å². The van der Waals surface area contributed by atoms with Crippen molar-refractivity contribution in [2.24, 2.45) is 0 Å². The van der Waals surface area contributed by atoms with Gasteiger partial charge in [0.1, 0.15) is 0 Å². The predicted molar refractivity (Wildman–Crippen MR) is 114 cm³/mol. The van der Waals surface area contributed by atoms with Gasteiger partial charge in [0, 0.05) is 12.7 Å². The summed E-state index contributed by atoms with van der Waals surface area (Å²) in [7, 11) is 1.68. The Bertz CT molecular complexity index is 1250. The lowest BCUT2D eigenvalue weighted by atomic mass is 10.2. The van der Waals surface area contributed by atoms with Gasteiger partial charge in [-0.1, -0.05) is 30.3 Å². The Labute approximate surface area is 175 Å². The van der Waals surface area contributed by atoms with E-state index in [0.717, 1.165) is 16.6 Å². The molecular weight excluding hydrogens is 402 g/mol. The van der Waals surface area contributed by atoms with Gasteiger partial charge >= 0.3 is 0 Å². The number of rotatable bonds is 4. The second-order valence-corrected chi connectivity index (χ2v) is 7.97. The summed E-state index contributed by atoms with van der Waals surface area (Å²) in [6.07, 6.45) is -1.13. The number of aliphatic hydroxyl groups is 1. The number of nitrogens with one attached hydrogen (secondary N) is 2. The highest BCUT2D eigenvalue weighted by Gasteiger charge is 2.34. The van der Waals surface area contributed by atoms with Gasteiger partial charge in [0.25, 0.3) is 5.91 Å². The molecule has 30 heavy (non-hydrogen) atoms. The minimum Gasteiger partial charge on any atom is -0.399 e. The second-order valence-electron chi connectivity index (χ2n) is 7.02. The number of aromatic amines is 1. The molecule has 0 bridgehead atoms. The lowest BCUT2D eigenvalue weighted by Crippen LogP contribution is -2.51. The maximum atomic E-state index is 12.7. The van der Waals surface area contributed by atoms with Crippen molar-refractivity contribution >= 4 is 40.2 Å². The van der Waals surface area contributed by atoms with Gasteiger partial charge in [-0.25, -0.2) is 9.97 Å². The number of aromatic nitrogens is 4. The molecule has 0 spiro atoms. The molecule has 2 aromatic carbocycles. The summed E-state index contributed by atoms with van der Waals surface area (Å²) in [6.45, 7) is 0.454. The Morgan fingerprint density at radius 3 is 2.80 bits per heavy atom. The topological polar surface area (TPSA) is 125 Å². The van der Waals surface area contributed by atoms with Crippen LogP contribution in [0.4, 0.5) is 11.5 Å². The summed E-state index contributed by atoms with van der Waals surface area (Å²) < 4.78 is 1.84. The number of amides is 1. The van der Waals surface area contributed by atoms with Crippen molar-refractivity contribution in [1.29, 1.82) is 0 Å². The molecule has 0 aliphatic carbocycles. The molecule has 4 aromatic rings. The quantitative estimate of drug-likeness (QED) is 0.371. The van der Waals surface area contributed by atoms with Crippen molar-refractivity contribution in [2.75, 3.05) is 17.7 Å². The van der Waals surface area contributed by atoms with Gasteiger partial charge in [-0.15, -0.1) is 0 Å². The van der Waals surface area contributed by atoms with E-state index in [0.29, 0.717) is 34.1 Å². The van der Waals surface area contributed by atoms with Crippen LogP contribution in [-0.2, 0) is 6.54 Å². The van der Waals surface area contributed by atoms with Gasteiger partial charge in [-0.3, -0.25) is 4.79 Å². The van der Waals surface area contributed by atoms with E-state index >= 15 is 0 Å². The third-order valence-corrected chi connectivity index (χ3v) is 5.83. The van der Waals surface area contributed by atoms with Crippen molar-refractivity contribution < 1.29 is 9.90 Å². The van der Waals surface area contributed by atoms with E-state index in [2.05, 4.69) is 20.3 Å². The number of imidazole rings is 2. The zero-order valence-electron chi connectivity index (χ0n) is 16.0. The summed E-state index contributed by atoms with van der Waals surface area (Å²) >= 11 is 1.32. The van der Waals surface area contributed by atoms with Gasteiger partial charge in [-0.05, 0) is 35.5 Å². The number of nitrogens with two attached hydrogens (primary N) is 1. The van der Waals surface area contributed by atoms with Crippen molar-refractivity contribution in [3.8, 4) is 0 Å². The fraction of sp³-hybridized carbons (Fsp3) is 0.150. The van der Waals surface area contributed by atoms with E-state index in [4.69, 9.17) is 5.73 Å². The molecule has 1 aliphatic rings. The van der Waals surface area contributed by atoms with Gasteiger partial charge in [0.2, 0.25) is 6.35 Å². The van der Waals surface area contributed by atoms with Gasteiger partial charge in [0.05, 0.1) is 17.6 Å². The second kappa shape index (κ2) is 7.08. The molecular formula is C20H19N7O2S. The van der Waals surface area contributed by atoms with E-state index in [-0.39, 0.29) is 5.91 Å². The fourth-order valence-electron chi connectivity index (χ4n) is 3.42. The minimum absolute atomic E-state index is 0.372. The number of anilines is 2. The molecule has 1 amide bonds. The maximum Gasteiger partial charge on any atom is 0.275 e. The molecule has 1 aliphatic heterocycles. The Morgan fingerprint density at radius 1 is 1.20 bits per heavy atom. The lowest BCUT2D eigenvalue weighted by Gasteiger charge is -2.29. The largest absolute Gasteiger partial charge is 0.399 e. The third-order valence-electron chi connectivity index (χ3n) is 4.95. The number of aliphatic hydroxyl groups excluding tert-OH is 1. The molecule has 5 rings (SSSR count). The van der Waals surface area contributed by atoms with Crippen LogP contribution in [0.3, 0.4) is 0 Å². The molecule has 0 radical (unpaired) electrons. The number of hydrogen-bond acceptors (Lipinski definition) is 7. The van der Waals surface area contributed by atoms with Crippen LogP contribution in [-0.4, -0.2) is 43.9 Å². The molecule has 3 heterocycles. The van der Waals surface area contributed by atoms with Crippen LogP contribution < -0.4 is 16.0 Å². The Balaban J connectivity index is 1.60. The summed E-state index contributed by atoms with van der Waals surface area (Å²) in [4.78, 5) is 26.7. The van der Waals surface area contributed by atoms with Crippen molar-refractivity contribution in [2.45, 2.75) is 23.2 Å². The van der Waals surface area contributed by atoms with Crippen molar-refractivity contribution in [3.05, 3.63) is 59.8 Å². The molecule has 152 valence electrons. The molecule has 0 saturated carbocycles. The molecule has 1 unspecified atom stereocenters. The average molecular weight is 421 g/mol. The van der Waals surface area contributed by atoms with E-state index in [1.165, 1.54) is 16.7 Å². The first-order valence-electron chi connectivity index (χ1n) is 9.29. The van der Waals surface area contributed by atoms with E-state index in [1.54, 1.807) is 13.1 Å². The number of nitrogens with zero attached hydrogens (tertiary/aromatic N) is 4. The van der Waals surface area contributed by atoms with Crippen LogP contribution in [0.15, 0.2) is 58.8 Å². The third kappa shape index (κ3) is 3.15. The van der Waals surface area contributed by atoms with Gasteiger partial charge in [0.15, 0.2) is 21.8 Å². The first-order valence-corrected chi connectivity index (χ1v) is 10.1. The average Bonchev–Trinajstić information content (AvgIpc) is 3.28. The first kappa shape index (κ1) is 18.5. The number of H-pyrrole nitrogens is 1. The first-order chi connectivity index (χ1) is 14.5. The predicted octanol–water partition coefficient (Wildman–Crippen LogP) is 2.00. The summed E-state index contributed by atoms with van der Waals surface area (Å²) in [5.74, 6) is 0.0493. The smallest absolute Gasteiger partial charge is 0.275 e. The van der Waals surface area contributed by atoms with Crippen LogP contribution in [0.2, 0.25) is 0 Å². The Morgan fingerprint density at radius 2 is 2.00 bits per heavy atom. The van der Waals surface area contributed by atoms with E-state index in [9.17, 15) is 9.90 Å². The summed E-state index contributed by atoms with van der Waals surface area (Å²) in [5, 5.41) is 13.9. The van der Waals surface area contributed by atoms with Crippen LogP contribution in [0.25, 0.3) is 11.0 Å². The highest BCUT2D eigenvalue weighted by Crippen LogP contribution is 2.34. The normalized spacial score (nSPS) is 16.0. The zero-order chi connectivity index (χ0) is 20.8. The maximum absolute atomic E-state index is 12.7. The van der Waals surface area contributed by atoms with Crippen LogP contribution in [0.5, 0.6) is 0 Å². The van der Waals surface area contributed by atoms with E-state index in [1.807, 2.05) is 47.0 Å². The number of carbonyl (C=O) groups excluding carboxylic acids is 1. The highest BCUT2D eigenvalue weighted by molar-refractivity contribution is 7.99. The molecule has 1 atom stereocenters. The molecule has 0 fully saturated rings. The lowest BCUT2D eigenvalue weighted by molar-refractivity contribution is 0.0746. The van der Waals surface area contributed by atoms with Gasteiger partial charge in [-0.2, -0.15) is 0 Å². The molecule has 2 aromatic heterocycles. The number of carbonyl (C=O) groups is 1. The summed E-state index contributed by atoms with van der Waals surface area (Å²) in [5.41, 5.74) is 9.56. The highest BCUT2D eigenvalue weighted by atomic mass is 32.2. The monoisotopic (exact) mass is 421 g/mol. The number of nitrogen functional groups attached to an aromatic ring is 1. The SMILES string of the molecule is CN1c2nc(Sc3nc4ccc(N)cc4[nH]3)n(Cc3ccccc3)c2C(=O)NC1O. The van der Waals surface area contributed by atoms with Crippen LogP contribution >= 0.6 is 11.8 Å². The molecule has 10 heteroatoms. The Kier molecular flexibility index (Phi) is 4.37. The number of benzene rings is 2. The standard InChI is InChI=1S/C20H19N7O2S/c1-26-16-15(17(28)25-19(26)29)27(10-11-5-3-2-4-6-11)20(24-16)30-18-22-13-8-7-12(21)9-14(13)23-18/h2-9,19,29H,10,21H2,1H3,(H,22,23)(H,25,28). The number of fused-ring (bicyclic) bond motifs is 2. The fourth-order valence-corrected chi connectivity index (χ4v) is 4.29. The molecule has 9 nitrogen and oxygen atoms in total. The van der Waals surface area contributed by atoms with Gasteiger partial charge < -0.3 is 30.6 Å². The van der Waals surface area contributed by atoms with Crippen LogP contribution in [0, 0.1) is 0 Å².